The summed E-state index contributed by atoms with van der Waals surface area (Å²) in [7, 11) is 0. The van der Waals surface area contributed by atoms with Crippen LogP contribution < -0.4 is 0 Å². The van der Waals surface area contributed by atoms with E-state index in [2.05, 4.69) is 0 Å². The summed E-state index contributed by atoms with van der Waals surface area (Å²) in [6.45, 7) is 0. The van der Waals surface area contributed by atoms with Crippen LogP contribution in [0.5, 0.6) is 0 Å². The van der Waals surface area contributed by atoms with Crippen molar-refractivity contribution in [2.75, 3.05) is 0 Å². The molecule has 1 aliphatic rings. The van der Waals surface area contributed by atoms with Crippen molar-refractivity contribution in [3.63, 3.8) is 0 Å². The zero-order valence-electron chi connectivity index (χ0n) is 4.52. The Balaban J connectivity index is 2.40. The van der Waals surface area contributed by atoms with E-state index in [0.717, 1.165) is 0 Å². The van der Waals surface area contributed by atoms with Gasteiger partial charge in [-0.15, -0.1) is 0 Å². The van der Waals surface area contributed by atoms with Crippen LogP contribution in [-0.4, -0.2) is 11.6 Å². The molecule has 0 atom stereocenters. The van der Waals surface area contributed by atoms with E-state index >= 15 is 0 Å². The first-order valence-corrected chi connectivity index (χ1v) is 2.67. The van der Waals surface area contributed by atoms with Gasteiger partial charge in [-0.25, -0.2) is 0 Å². The van der Waals surface area contributed by atoms with Crippen molar-refractivity contribution in [1.82, 2.24) is 0 Å². The maximum atomic E-state index is 10.4. The van der Waals surface area contributed by atoms with Crippen molar-refractivity contribution in [3.05, 3.63) is 6.42 Å². The van der Waals surface area contributed by atoms with E-state index in [1.807, 2.05) is 0 Å². The minimum Gasteiger partial charge on any atom is -0.300 e. The van der Waals surface area contributed by atoms with Crippen molar-refractivity contribution >= 4 is 11.6 Å². The van der Waals surface area contributed by atoms with Gasteiger partial charge in [-0.1, -0.05) is 0 Å². The standard InChI is InChI=1S/C6H7O2/c7-5-1-2-6(8)4-3-5/h1H,2-4H2. The first-order chi connectivity index (χ1) is 3.79. The summed E-state index contributed by atoms with van der Waals surface area (Å²) in [5.74, 6) is 0.300. The molecular weight excluding hydrogens is 104 g/mol. The molecule has 0 bridgehead atoms. The summed E-state index contributed by atoms with van der Waals surface area (Å²) >= 11 is 0. The molecule has 0 spiro atoms. The Labute approximate surface area is 47.9 Å². The lowest BCUT2D eigenvalue weighted by atomic mass is 9.98. The van der Waals surface area contributed by atoms with Gasteiger partial charge in [0.15, 0.2) is 0 Å². The molecule has 1 radical (unpaired) electrons. The van der Waals surface area contributed by atoms with E-state index in [1.54, 1.807) is 0 Å². The van der Waals surface area contributed by atoms with Crippen LogP contribution in [0.3, 0.4) is 0 Å². The first-order valence-electron chi connectivity index (χ1n) is 2.67. The summed E-state index contributed by atoms with van der Waals surface area (Å²) in [6.07, 6.45) is 2.71. The van der Waals surface area contributed by atoms with Gasteiger partial charge in [-0.2, -0.15) is 0 Å². The lowest BCUT2D eigenvalue weighted by molar-refractivity contribution is -0.125. The van der Waals surface area contributed by atoms with Gasteiger partial charge in [0.1, 0.15) is 11.6 Å². The van der Waals surface area contributed by atoms with Crippen LogP contribution in [-0.2, 0) is 9.59 Å². The normalized spacial score (nSPS) is 21.5. The molecule has 0 saturated heterocycles. The highest BCUT2D eigenvalue weighted by molar-refractivity contribution is 5.98. The molecule has 0 aromatic heterocycles. The third kappa shape index (κ3) is 1.15. The van der Waals surface area contributed by atoms with Gasteiger partial charge >= 0.3 is 0 Å². The van der Waals surface area contributed by atoms with Crippen molar-refractivity contribution in [2.24, 2.45) is 0 Å². The van der Waals surface area contributed by atoms with Crippen LogP contribution in [0.2, 0.25) is 0 Å². The maximum absolute atomic E-state index is 10.4. The summed E-state index contributed by atoms with van der Waals surface area (Å²) in [5, 5.41) is 0. The minimum absolute atomic E-state index is 0.115. The first kappa shape index (κ1) is 5.48. The van der Waals surface area contributed by atoms with Crippen molar-refractivity contribution < 1.29 is 9.59 Å². The van der Waals surface area contributed by atoms with E-state index in [9.17, 15) is 9.59 Å². The van der Waals surface area contributed by atoms with Gasteiger partial charge in [0.05, 0.1) is 0 Å². The summed E-state index contributed by atoms with van der Waals surface area (Å²) in [5.41, 5.74) is 0. The molecule has 2 heteroatoms. The number of hydrogen-bond acceptors (Lipinski definition) is 2. The average Bonchev–Trinajstić information content (AvgIpc) is 1.77. The van der Waals surface area contributed by atoms with Gasteiger partial charge in [0.2, 0.25) is 0 Å². The number of hydrogen-bond donors (Lipinski definition) is 0. The van der Waals surface area contributed by atoms with Crippen molar-refractivity contribution in [2.45, 2.75) is 19.3 Å². The van der Waals surface area contributed by atoms with Gasteiger partial charge in [-0.3, -0.25) is 9.59 Å². The fourth-order valence-corrected chi connectivity index (χ4v) is 0.694. The van der Waals surface area contributed by atoms with Gasteiger partial charge in [0.25, 0.3) is 0 Å². The molecule has 8 heavy (non-hydrogen) atoms. The molecule has 0 aromatic carbocycles. The topological polar surface area (TPSA) is 34.1 Å². The number of Topliss-reactive ketones (excluding diaryl/α,β-unsaturated/α-hetero) is 2. The van der Waals surface area contributed by atoms with Crippen LogP contribution in [0.4, 0.5) is 0 Å². The van der Waals surface area contributed by atoms with Gasteiger partial charge in [0, 0.05) is 25.7 Å². The molecule has 0 N–H and O–H groups in total. The fourth-order valence-electron chi connectivity index (χ4n) is 0.694. The van der Waals surface area contributed by atoms with E-state index in [0.29, 0.717) is 19.3 Å². The highest BCUT2D eigenvalue weighted by Crippen LogP contribution is 2.07. The quantitative estimate of drug-likeness (QED) is 0.456. The van der Waals surface area contributed by atoms with E-state index in [4.69, 9.17) is 0 Å². The molecule has 0 heterocycles. The molecule has 2 nitrogen and oxygen atoms in total. The molecule has 0 aliphatic heterocycles. The second-order valence-electron chi connectivity index (χ2n) is 1.91. The molecule has 1 rings (SSSR count). The lowest BCUT2D eigenvalue weighted by Gasteiger charge is -2.04. The fraction of sp³-hybridized carbons (Fsp3) is 0.500. The van der Waals surface area contributed by atoms with Crippen LogP contribution in [0.15, 0.2) is 0 Å². The second kappa shape index (κ2) is 2.07. The number of rotatable bonds is 0. The van der Waals surface area contributed by atoms with Crippen molar-refractivity contribution in [3.8, 4) is 0 Å². The summed E-state index contributed by atoms with van der Waals surface area (Å²) in [4.78, 5) is 20.8. The Morgan fingerprint density at radius 2 is 2.00 bits per heavy atom. The zero-order chi connectivity index (χ0) is 5.98. The molecule has 43 valence electrons. The summed E-state index contributed by atoms with van der Waals surface area (Å²) in [6, 6.07) is 0. The summed E-state index contributed by atoms with van der Waals surface area (Å²) < 4.78 is 0. The molecule has 0 unspecified atom stereocenters. The molecular formula is C6H7O2. The Bertz CT molecular complexity index is 98.5. The largest absolute Gasteiger partial charge is 0.300 e. The Kier molecular flexibility index (Phi) is 1.42. The smallest absolute Gasteiger partial charge is 0.137 e. The number of carbonyl (C=O) groups is 2. The Morgan fingerprint density at radius 3 is 2.38 bits per heavy atom. The van der Waals surface area contributed by atoms with Crippen LogP contribution >= 0.6 is 0 Å². The van der Waals surface area contributed by atoms with Crippen LogP contribution in [0, 0.1) is 6.42 Å². The highest BCUT2D eigenvalue weighted by Gasteiger charge is 2.14. The van der Waals surface area contributed by atoms with E-state index < -0.39 is 0 Å². The van der Waals surface area contributed by atoms with Gasteiger partial charge in [-0.05, 0) is 0 Å². The Hall–Kier alpha value is -0.660. The third-order valence-corrected chi connectivity index (χ3v) is 1.21. The SMILES string of the molecule is O=C1[CH]CC(=O)CC1. The maximum Gasteiger partial charge on any atom is 0.137 e. The van der Waals surface area contributed by atoms with Crippen LogP contribution in [0.25, 0.3) is 0 Å². The molecule has 0 aromatic rings. The zero-order valence-corrected chi connectivity index (χ0v) is 4.52. The second-order valence-corrected chi connectivity index (χ2v) is 1.91. The van der Waals surface area contributed by atoms with Gasteiger partial charge < -0.3 is 0 Å². The molecule has 1 fully saturated rings. The molecule has 1 saturated carbocycles. The van der Waals surface area contributed by atoms with Crippen LogP contribution in [0.1, 0.15) is 19.3 Å². The monoisotopic (exact) mass is 111 g/mol. The minimum atomic E-state index is 0.115. The highest BCUT2D eigenvalue weighted by atomic mass is 16.1. The number of ketones is 2. The molecule has 0 amide bonds. The van der Waals surface area contributed by atoms with E-state index in [1.165, 1.54) is 6.42 Å². The van der Waals surface area contributed by atoms with Crippen molar-refractivity contribution in [1.29, 1.82) is 0 Å². The van der Waals surface area contributed by atoms with E-state index in [-0.39, 0.29) is 11.6 Å². The Morgan fingerprint density at radius 1 is 1.25 bits per heavy atom. The lowest BCUT2D eigenvalue weighted by Crippen LogP contribution is -2.13. The number of carbonyl (C=O) groups excluding carboxylic acids is 2. The average molecular weight is 111 g/mol. The predicted octanol–water partition coefficient (Wildman–Crippen LogP) is 0.513. The third-order valence-electron chi connectivity index (χ3n) is 1.21. The molecule has 1 aliphatic carbocycles. The predicted molar refractivity (Wildman–Crippen MR) is 28.2 cm³/mol.